The summed E-state index contributed by atoms with van der Waals surface area (Å²) in [7, 11) is 0. The van der Waals surface area contributed by atoms with E-state index >= 15 is 0 Å². The van der Waals surface area contributed by atoms with Gasteiger partial charge in [-0.15, -0.1) is 0 Å². The normalized spacial score (nSPS) is 34.7. The van der Waals surface area contributed by atoms with Crippen molar-refractivity contribution in [2.75, 3.05) is 0 Å². The SMILES string of the molecule is CC(C)CCC[C@@H](C)[C@H]1CC[C@H]2[C@@H]3CC(=O)C4=Cc5nc(-c6ccccc6)ncc5C[C@]4(C)[C@H]3CC[C@]12C. The Kier molecular flexibility index (Phi) is 6.64. The second-order valence-electron chi connectivity index (χ2n) is 14.2. The summed E-state index contributed by atoms with van der Waals surface area (Å²) in [6, 6.07) is 10.2. The van der Waals surface area contributed by atoms with Gasteiger partial charge in [0, 0.05) is 29.2 Å². The lowest BCUT2D eigenvalue weighted by Crippen LogP contribution is -2.53. The second kappa shape index (κ2) is 9.72. The number of fused-ring (bicyclic) bond motifs is 6. The Bertz CT molecular complexity index is 1230. The van der Waals surface area contributed by atoms with Gasteiger partial charge in [0.1, 0.15) is 0 Å². The summed E-state index contributed by atoms with van der Waals surface area (Å²) in [6.07, 6.45) is 15.2. The Morgan fingerprint density at radius 3 is 2.55 bits per heavy atom. The third-order valence-electron chi connectivity index (χ3n) is 11.6. The molecule has 4 aliphatic carbocycles. The van der Waals surface area contributed by atoms with Gasteiger partial charge in [-0.1, -0.05) is 84.2 Å². The number of nitrogens with zero attached hydrogens (tertiary/aromatic N) is 2. The van der Waals surface area contributed by atoms with Crippen LogP contribution in [0, 0.1) is 46.3 Å². The molecule has 38 heavy (non-hydrogen) atoms. The molecular formula is C35H46N2O. The fraction of sp³-hybridized carbons (Fsp3) is 0.629. The van der Waals surface area contributed by atoms with Crippen molar-refractivity contribution >= 4 is 11.9 Å². The molecule has 3 nitrogen and oxygen atoms in total. The molecule has 0 amide bonds. The van der Waals surface area contributed by atoms with Gasteiger partial charge in [-0.05, 0) is 84.7 Å². The van der Waals surface area contributed by atoms with E-state index in [0.29, 0.717) is 29.0 Å². The van der Waals surface area contributed by atoms with Crippen molar-refractivity contribution in [2.45, 2.75) is 92.4 Å². The fourth-order valence-corrected chi connectivity index (χ4v) is 9.64. The van der Waals surface area contributed by atoms with Crippen LogP contribution in [0.15, 0.2) is 42.1 Å². The Morgan fingerprint density at radius 1 is 1.00 bits per heavy atom. The quantitative estimate of drug-likeness (QED) is 0.391. The van der Waals surface area contributed by atoms with Gasteiger partial charge in [-0.2, -0.15) is 0 Å². The molecule has 1 aromatic heterocycles. The maximum absolute atomic E-state index is 13.9. The largest absolute Gasteiger partial charge is 0.295 e. The molecule has 1 heterocycles. The number of carbonyl (C=O) groups excluding carboxylic acids is 1. The average Bonchev–Trinajstić information content (AvgIpc) is 3.25. The summed E-state index contributed by atoms with van der Waals surface area (Å²) < 4.78 is 0. The topological polar surface area (TPSA) is 42.9 Å². The minimum atomic E-state index is -0.0904. The van der Waals surface area contributed by atoms with E-state index < -0.39 is 0 Å². The van der Waals surface area contributed by atoms with E-state index in [4.69, 9.17) is 9.97 Å². The van der Waals surface area contributed by atoms with E-state index in [1.165, 1.54) is 50.5 Å². The summed E-state index contributed by atoms with van der Waals surface area (Å²) in [5.41, 5.74) is 4.54. The number of rotatable bonds is 6. The molecule has 3 heteroatoms. The summed E-state index contributed by atoms with van der Waals surface area (Å²) in [5, 5.41) is 0. The minimum absolute atomic E-state index is 0.0904. The molecule has 0 aliphatic heterocycles. The first-order valence-electron chi connectivity index (χ1n) is 15.4. The van der Waals surface area contributed by atoms with Crippen molar-refractivity contribution in [3.63, 3.8) is 0 Å². The predicted molar refractivity (Wildman–Crippen MR) is 155 cm³/mol. The number of hydrogen-bond donors (Lipinski definition) is 0. The van der Waals surface area contributed by atoms with Crippen LogP contribution in [0.2, 0.25) is 0 Å². The van der Waals surface area contributed by atoms with Gasteiger partial charge in [-0.3, -0.25) is 4.79 Å². The highest BCUT2D eigenvalue weighted by Crippen LogP contribution is 2.67. The van der Waals surface area contributed by atoms with Crippen molar-refractivity contribution in [1.82, 2.24) is 9.97 Å². The van der Waals surface area contributed by atoms with E-state index in [9.17, 15) is 4.79 Å². The number of allylic oxidation sites excluding steroid dienone is 1. The van der Waals surface area contributed by atoms with Gasteiger partial charge in [0.15, 0.2) is 11.6 Å². The van der Waals surface area contributed by atoms with Crippen molar-refractivity contribution in [3.05, 3.63) is 53.4 Å². The zero-order valence-electron chi connectivity index (χ0n) is 24.2. The fourth-order valence-electron chi connectivity index (χ4n) is 9.64. The molecule has 3 saturated carbocycles. The van der Waals surface area contributed by atoms with E-state index in [2.05, 4.69) is 52.8 Å². The number of aromatic nitrogens is 2. The first kappa shape index (κ1) is 26.0. The average molecular weight is 511 g/mol. The number of benzene rings is 1. The highest BCUT2D eigenvalue weighted by atomic mass is 16.1. The number of carbonyl (C=O) groups is 1. The molecule has 0 bridgehead atoms. The van der Waals surface area contributed by atoms with E-state index in [1.54, 1.807) is 0 Å². The Labute approximate surface area is 229 Å². The van der Waals surface area contributed by atoms with Crippen LogP contribution in [0.1, 0.15) is 97.2 Å². The number of Topliss-reactive ketones (excluding diaryl/α,β-unsaturated/α-hetero) is 1. The number of hydrogen-bond acceptors (Lipinski definition) is 3. The molecule has 2 aromatic rings. The standard InChI is InChI=1S/C35H46N2O/c1-22(2)10-9-11-23(3)27-14-15-28-26-18-32(38)30-19-31-25(20-35(30,5)29(26)16-17-34(27,28)4)21-36-33(37-31)24-12-7-6-8-13-24/h6-8,12-13,19,21-23,26-29H,9-11,14-18,20H2,1-5H3/t23-,26+,27-,28+,29+,34-,35-/m1/s1. The third kappa shape index (κ3) is 4.20. The van der Waals surface area contributed by atoms with Crippen LogP contribution >= 0.6 is 0 Å². The van der Waals surface area contributed by atoms with Crippen molar-refractivity contribution in [1.29, 1.82) is 0 Å². The molecule has 0 saturated heterocycles. The minimum Gasteiger partial charge on any atom is -0.295 e. The van der Waals surface area contributed by atoms with Gasteiger partial charge in [0.2, 0.25) is 0 Å². The van der Waals surface area contributed by atoms with Crippen LogP contribution in [0.4, 0.5) is 0 Å². The Balaban J connectivity index is 1.25. The van der Waals surface area contributed by atoms with Gasteiger partial charge in [0.25, 0.3) is 0 Å². The third-order valence-corrected chi connectivity index (χ3v) is 11.6. The predicted octanol–water partition coefficient (Wildman–Crippen LogP) is 8.58. The van der Waals surface area contributed by atoms with Gasteiger partial charge in [0.05, 0.1) is 5.69 Å². The number of ketones is 1. The first-order valence-corrected chi connectivity index (χ1v) is 15.4. The zero-order chi connectivity index (χ0) is 26.7. The van der Waals surface area contributed by atoms with E-state index in [-0.39, 0.29) is 5.41 Å². The van der Waals surface area contributed by atoms with Gasteiger partial charge in [-0.25, -0.2) is 9.97 Å². The van der Waals surface area contributed by atoms with E-state index in [1.807, 2.05) is 24.4 Å². The molecule has 0 radical (unpaired) electrons. The molecule has 4 aliphatic rings. The molecule has 0 spiro atoms. The summed E-state index contributed by atoms with van der Waals surface area (Å²) in [6.45, 7) is 12.2. The highest BCUT2D eigenvalue weighted by Gasteiger charge is 2.61. The lowest BCUT2D eigenvalue weighted by atomic mass is 9.46. The maximum atomic E-state index is 13.9. The molecule has 202 valence electrons. The second-order valence-corrected chi connectivity index (χ2v) is 14.2. The summed E-state index contributed by atoms with van der Waals surface area (Å²) in [4.78, 5) is 23.5. The van der Waals surface area contributed by atoms with Gasteiger partial charge < -0.3 is 0 Å². The van der Waals surface area contributed by atoms with Crippen LogP contribution in [0.5, 0.6) is 0 Å². The van der Waals surface area contributed by atoms with Crippen LogP contribution in [0.3, 0.4) is 0 Å². The molecule has 0 N–H and O–H groups in total. The lowest BCUT2D eigenvalue weighted by Gasteiger charge is -2.58. The van der Waals surface area contributed by atoms with Crippen LogP contribution in [0.25, 0.3) is 17.5 Å². The van der Waals surface area contributed by atoms with Crippen LogP contribution in [-0.2, 0) is 11.2 Å². The molecule has 3 fully saturated rings. The van der Waals surface area contributed by atoms with E-state index in [0.717, 1.165) is 53.3 Å². The molecule has 6 rings (SSSR count). The van der Waals surface area contributed by atoms with Crippen molar-refractivity contribution in [2.24, 2.45) is 46.3 Å². The van der Waals surface area contributed by atoms with Gasteiger partial charge >= 0.3 is 0 Å². The maximum Gasteiger partial charge on any atom is 0.159 e. The van der Waals surface area contributed by atoms with Crippen LogP contribution < -0.4 is 0 Å². The summed E-state index contributed by atoms with van der Waals surface area (Å²) in [5.74, 6) is 5.36. The molecule has 1 aromatic carbocycles. The highest BCUT2D eigenvalue weighted by molar-refractivity contribution is 6.02. The zero-order valence-corrected chi connectivity index (χ0v) is 24.2. The molecular weight excluding hydrogens is 464 g/mol. The Morgan fingerprint density at radius 2 is 1.79 bits per heavy atom. The monoisotopic (exact) mass is 510 g/mol. The molecule has 7 atom stereocenters. The lowest BCUT2D eigenvalue weighted by molar-refractivity contribution is -0.128. The molecule has 0 unspecified atom stereocenters. The smallest absolute Gasteiger partial charge is 0.159 e. The Hall–Kier alpha value is -2.29. The van der Waals surface area contributed by atoms with Crippen LogP contribution in [-0.4, -0.2) is 15.8 Å². The first-order chi connectivity index (χ1) is 18.2. The summed E-state index contributed by atoms with van der Waals surface area (Å²) >= 11 is 0. The van der Waals surface area contributed by atoms with Crippen molar-refractivity contribution < 1.29 is 4.79 Å². The van der Waals surface area contributed by atoms with Crippen molar-refractivity contribution in [3.8, 4) is 11.4 Å².